The lowest BCUT2D eigenvalue weighted by atomic mass is 9.81. The molecule has 1 atom stereocenters. The molecule has 1 unspecified atom stereocenters. The van der Waals surface area contributed by atoms with Gasteiger partial charge < -0.3 is 11.1 Å². The van der Waals surface area contributed by atoms with Crippen molar-refractivity contribution in [3.63, 3.8) is 0 Å². The quantitative estimate of drug-likeness (QED) is 0.707. The van der Waals surface area contributed by atoms with E-state index in [1.165, 1.54) is 19.3 Å². The van der Waals surface area contributed by atoms with Crippen molar-refractivity contribution in [1.29, 1.82) is 0 Å². The SMILES string of the molecule is CCC(CC)(C(=O)NCC(C)N1CCCCC1)C(N)=S. The second-order valence-electron chi connectivity index (χ2n) is 5.81. The number of nitrogens with two attached hydrogens (primary N) is 1. The molecule has 20 heavy (non-hydrogen) atoms. The third-order valence-corrected chi connectivity index (χ3v) is 5.08. The van der Waals surface area contributed by atoms with Gasteiger partial charge in [-0.3, -0.25) is 9.69 Å². The molecule has 0 aliphatic carbocycles. The summed E-state index contributed by atoms with van der Waals surface area (Å²) in [6.07, 6.45) is 5.16. The summed E-state index contributed by atoms with van der Waals surface area (Å²) in [6, 6.07) is 0.372. The van der Waals surface area contributed by atoms with Gasteiger partial charge in [-0.05, 0) is 45.7 Å². The van der Waals surface area contributed by atoms with Crippen LogP contribution >= 0.6 is 12.2 Å². The molecule has 5 heteroatoms. The van der Waals surface area contributed by atoms with Crippen molar-refractivity contribution in [2.24, 2.45) is 11.1 Å². The van der Waals surface area contributed by atoms with E-state index >= 15 is 0 Å². The third-order valence-electron chi connectivity index (χ3n) is 4.69. The van der Waals surface area contributed by atoms with Crippen LogP contribution in [-0.2, 0) is 4.79 Å². The Balaban J connectivity index is 2.54. The van der Waals surface area contributed by atoms with Gasteiger partial charge in [0.25, 0.3) is 0 Å². The zero-order valence-electron chi connectivity index (χ0n) is 13.1. The molecule has 1 saturated heterocycles. The number of likely N-dealkylation sites (tertiary alicyclic amines) is 1. The Labute approximate surface area is 128 Å². The first-order chi connectivity index (χ1) is 9.47. The number of carbonyl (C=O) groups excluding carboxylic acids is 1. The van der Waals surface area contributed by atoms with E-state index in [0.717, 1.165) is 13.1 Å². The van der Waals surface area contributed by atoms with Crippen molar-refractivity contribution in [2.45, 2.75) is 58.9 Å². The molecule has 0 saturated carbocycles. The Bertz CT molecular complexity index is 336. The molecule has 1 aliphatic heterocycles. The number of thiocarbonyl (C=S) groups is 1. The predicted octanol–water partition coefficient (Wildman–Crippen LogP) is 2.07. The average molecular weight is 299 g/mol. The number of piperidine rings is 1. The summed E-state index contributed by atoms with van der Waals surface area (Å²) in [5.41, 5.74) is 5.12. The van der Waals surface area contributed by atoms with Crippen LogP contribution in [0.2, 0.25) is 0 Å². The van der Waals surface area contributed by atoms with E-state index in [0.29, 0.717) is 30.4 Å². The molecule has 0 bridgehead atoms. The normalized spacial score (nSPS) is 18.6. The molecule has 4 nitrogen and oxygen atoms in total. The number of nitrogens with zero attached hydrogens (tertiary/aromatic N) is 1. The Morgan fingerprint density at radius 1 is 1.30 bits per heavy atom. The third kappa shape index (κ3) is 3.92. The van der Waals surface area contributed by atoms with Crippen LogP contribution in [0.4, 0.5) is 0 Å². The number of carbonyl (C=O) groups is 1. The van der Waals surface area contributed by atoms with E-state index in [1.807, 2.05) is 13.8 Å². The summed E-state index contributed by atoms with van der Waals surface area (Å²) in [5.74, 6) is -0.0149. The van der Waals surface area contributed by atoms with Crippen LogP contribution in [0.15, 0.2) is 0 Å². The number of rotatable bonds is 7. The van der Waals surface area contributed by atoms with E-state index in [-0.39, 0.29) is 5.91 Å². The molecule has 0 aromatic carbocycles. The van der Waals surface area contributed by atoms with E-state index in [4.69, 9.17) is 18.0 Å². The lowest BCUT2D eigenvalue weighted by molar-refractivity contribution is -0.128. The highest BCUT2D eigenvalue weighted by atomic mass is 32.1. The average Bonchev–Trinajstić information content (AvgIpc) is 2.47. The van der Waals surface area contributed by atoms with Crippen LogP contribution in [-0.4, -0.2) is 41.5 Å². The van der Waals surface area contributed by atoms with E-state index in [1.54, 1.807) is 0 Å². The standard InChI is InChI=1S/C15H29N3OS/c1-4-15(5-2,13(16)20)14(19)17-11-12(3)18-9-7-6-8-10-18/h12H,4-11H2,1-3H3,(H2,16,20)(H,17,19). The first kappa shape index (κ1) is 17.4. The van der Waals surface area contributed by atoms with Crippen LogP contribution in [0, 0.1) is 5.41 Å². The largest absolute Gasteiger partial charge is 0.392 e. The first-order valence-electron chi connectivity index (χ1n) is 7.80. The van der Waals surface area contributed by atoms with Crippen LogP contribution in [0.25, 0.3) is 0 Å². The second kappa shape index (κ2) is 7.93. The maximum absolute atomic E-state index is 12.5. The molecular formula is C15H29N3OS. The van der Waals surface area contributed by atoms with Crippen molar-refractivity contribution in [3.05, 3.63) is 0 Å². The highest BCUT2D eigenvalue weighted by molar-refractivity contribution is 7.80. The van der Waals surface area contributed by atoms with Crippen molar-refractivity contribution >= 4 is 23.1 Å². The van der Waals surface area contributed by atoms with Crippen molar-refractivity contribution < 1.29 is 4.79 Å². The van der Waals surface area contributed by atoms with Gasteiger partial charge in [-0.25, -0.2) is 0 Å². The van der Waals surface area contributed by atoms with Crippen LogP contribution < -0.4 is 11.1 Å². The van der Waals surface area contributed by atoms with Gasteiger partial charge >= 0.3 is 0 Å². The molecule has 0 spiro atoms. The topological polar surface area (TPSA) is 58.4 Å². The fraction of sp³-hybridized carbons (Fsp3) is 0.867. The molecule has 0 aromatic rings. The van der Waals surface area contributed by atoms with E-state index < -0.39 is 5.41 Å². The number of hydrogen-bond acceptors (Lipinski definition) is 3. The van der Waals surface area contributed by atoms with Gasteiger partial charge in [0.15, 0.2) is 0 Å². The highest BCUT2D eigenvalue weighted by Gasteiger charge is 2.38. The number of hydrogen-bond donors (Lipinski definition) is 2. The molecular weight excluding hydrogens is 270 g/mol. The summed E-state index contributed by atoms with van der Waals surface area (Å²) < 4.78 is 0. The molecule has 116 valence electrons. The zero-order valence-corrected chi connectivity index (χ0v) is 13.9. The molecule has 1 fully saturated rings. The Kier molecular flexibility index (Phi) is 6.89. The Morgan fingerprint density at radius 3 is 2.30 bits per heavy atom. The fourth-order valence-electron chi connectivity index (χ4n) is 2.93. The Morgan fingerprint density at radius 2 is 1.85 bits per heavy atom. The van der Waals surface area contributed by atoms with Gasteiger partial charge in [0.05, 0.1) is 10.4 Å². The maximum Gasteiger partial charge on any atom is 0.233 e. The fourth-order valence-corrected chi connectivity index (χ4v) is 3.31. The summed E-state index contributed by atoms with van der Waals surface area (Å²) in [5, 5.41) is 3.06. The molecule has 3 N–H and O–H groups in total. The van der Waals surface area contributed by atoms with Crippen LogP contribution in [0.3, 0.4) is 0 Å². The van der Waals surface area contributed by atoms with Gasteiger partial charge in [-0.15, -0.1) is 0 Å². The minimum absolute atomic E-state index is 0.0149. The van der Waals surface area contributed by atoms with Crippen LogP contribution in [0.5, 0.6) is 0 Å². The lowest BCUT2D eigenvalue weighted by Crippen LogP contribution is -2.51. The molecule has 1 rings (SSSR count). The van der Waals surface area contributed by atoms with E-state index in [9.17, 15) is 4.79 Å². The van der Waals surface area contributed by atoms with Gasteiger partial charge in [0.2, 0.25) is 5.91 Å². The molecule has 0 radical (unpaired) electrons. The first-order valence-corrected chi connectivity index (χ1v) is 8.21. The number of amides is 1. The Hall–Kier alpha value is -0.680. The van der Waals surface area contributed by atoms with Gasteiger partial charge in [0, 0.05) is 12.6 Å². The monoisotopic (exact) mass is 299 g/mol. The smallest absolute Gasteiger partial charge is 0.233 e. The molecule has 1 aliphatic rings. The summed E-state index contributed by atoms with van der Waals surface area (Å²) in [4.78, 5) is 15.2. The minimum Gasteiger partial charge on any atom is -0.392 e. The molecule has 0 aromatic heterocycles. The highest BCUT2D eigenvalue weighted by Crippen LogP contribution is 2.27. The zero-order chi connectivity index (χ0) is 15.2. The molecule has 1 heterocycles. The van der Waals surface area contributed by atoms with Crippen molar-refractivity contribution in [2.75, 3.05) is 19.6 Å². The van der Waals surface area contributed by atoms with E-state index in [2.05, 4.69) is 17.1 Å². The lowest BCUT2D eigenvalue weighted by Gasteiger charge is -2.34. The van der Waals surface area contributed by atoms with Gasteiger partial charge in [0.1, 0.15) is 0 Å². The summed E-state index contributed by atoms with van der Waals surface area (Å²) in [7, 11) is 0. The summed E-state index contributed by atoms with van der Waals surface area (Å²) >= 11 is 5.12. The maximum atomic E-state index is 12.5. The predicted molar refractivity (Wildman–Crippen MR) is 87.7 cm³/mol. The van der Waals surface area contributed by atoms with Gasteiger partial charge in [-0.1, -0.05) is 32.5 Å². The van der Waals surface area contributed by atoms with Gasteiger partial charge in [-0.2, -0.15) is 0 Å². The number of nitrogens with one attached hydrogen (secondary N) is 1. The minimum atomic E-state index is -0.684. The molecule has 1 amide bonds. The van der Waals surface area contributed by atoms with Crippen molar-refractivity contribution in [1.82, 2.24) is 10.2 Å². The van der Waals surface area contributed by atoms with Crippen LogP contribution in [0.1, 0.15) is 52.9 Å². The summed E-state index contributed by atoms with van der Waals surface area (Å²) in [6.45, 7) is 9.06. The van der Waals surface area contributed by atoms with Crippen molar-refractivity contribution in [3.8, 4) is 0 Å². The second-order valence-corrected chi connectivity index (χ2v) is 6.25.